The molecule has 5 nitrogen and oxygen atoms in total. The summed E-state index contributed by atoms with van der Waals surface area (Å²) in [5, 5.41) is 7.74. The summed E-state index contributed by atoms with van der Waals surface area (Å²) >= 11 is 1.65. The molecule has 20 heavy (non-hydrogen) atoms. The summed E-state index contributed by atoms with van der Waals surface area (Å²) in [6, 6.07) is 0. The van der Waals surface area contributed by atoms with Gasteiger partial charge in [0.25, 0.3) is 0 Å². The van der Waals surface area contributed by atoms with Gasteiger partial charge in [0.1, 0.15) is 5.69 Å². The summed E-state index contributed by atoms with van der Waals surface area (Å²) in [5.74, 6) is 2.41. The Morgan fingerprint density at radius 3 is 2.85 bits per heavy atom. The monoisotopic (exact) mass is 291 g/mol. The highest BCUT2D eigenvalue weighted by molar-refractivity contribution is 7.09. The smallest absolute Gasteiger partial charge is 0.177 e. The molecule has 0 saturated heterocycles. The Morgan fingerprint density at radius 1 is 1.30 bits per heavy atom. The average Bonchev–Trinajstić information content (AvgIpc) is 3.07. The van der Waals surface area contributed by atoms with E-state index < -0.39 is 0 Å². The molecule has 0 amide bonds. The van der Waals surface area contributed by atoms with Gasteiger partial charge in [-0.2, -0.15) is 5.10 Å². The van der Waals surface area contributed by atoms with Gasteiger partial charge >= 0.3 is 0 Å². The van der Waals surface area contributed by atoms with Gasteiger partial charge in [0, 0.05) is 24.8 Å². The van der Waals surface area contributed by atoms with Crippen LogP contribution < -0.4 is 5.73 Å². The number of hydrogen-bond acceptors (Lipinski definition) is 5. The van der Waals surface area contributed by atoms with Crippen molar-refractivity contribution in [2.45, 2.75) is 44.4 Å². The van der Waals surface area contributed by atoms with E-state index in [0.29, 0.717) is 12.5 Å². The lowest BCUT2D eigenvalue weighted by Crippen LogP contribution is -2.06. The largest absolute Gasteiger partial charge is 0.330 e. The molecule has 2 aromatic rings. The SMILES string of the molecule is Cn1nc(C2CCCCC2)nc1-c1csc(CCN)n1. The van der Waals surface area contributed by atoms with Crippen molar-refractivity contribution >= 4 is 11.3 Å². The van der Waals surface area contributed by atoms with Gasteiger partial charge in [-0.15, -0.1) is 11.3 Å². The average molecular weight is 291 g/mol. The molecule has 1 saturated carbocycles. The topological polar surface area (TPSA) is 69.6 Å². The Bertz CT molecular complexity index is 568. The zero-order valence-electron chi connectivity index (χ0n) is 11.9. The molecule has 0 aliphatic heterocycles. The highest BCUT2D eigenvalue weighted by atomic mass is 32.1. The van der Waals surface area contributed by atoms with Gasteiger partial charge in [0.15, 0.2) is 11.6 Å². The summed E-state index contributed by atoms with van der Waals surface area (Å²) in [4.78, 5) is 9.35. The van der Waals surface area contributed by atoms with Gasteiger partial charge in [0.2, 0.25) is 0 Å². The van der Waals surface area contributed by atoms with Gasteiger partial charge < -0.3 is 5.73 Å². The second-order valence-electron chi connectivity index (χ2n) is 5.42. The second-order valence-corrected chi connectivity index (χ2v) is 6.36. The molecule has 0 atom stereocenters. The predicted molar refractivity (Wildman–Crippen MR) is 80.7 cm³/mol. The lowest BCUT2D eigenvalue weighted by Gasteiger charge is -2.18. The van der Waals surface area contributed by atoms with Crippen molar-refractivity contribution in [1.29, 1.82) is 0 Å². The number of hydrogen-bond donors (Lipinski definition) is 1. The zero-order chi connectivity index (χ0) is 13.9. The lowest BCUT2D eigenvalue weighted by atomic mass is 9.89. The molecule has 2 N–H and O–H groups in total. The Morgan fingerprint density at radius 2 is 2.10 bits per heavy atom. The quantitative estimate of drug-likeness (QED) is 0.939. The van der Waals surface area contributed by atoms with Crippen LogP contribution in [0.5, 0.6) is 0 Å². The van der Waals surface area contributed by atoms with Gasteiger partial charge in [-0.05, 0) is 19.4 Å². The highest BCUT2D eigenvalue weighted by Gasteiger charge is 2.22. The Hall–Kier alpha value is -1.27. The summed E-state index contributed by atoms with van der Waals surface area (Å²) in [5.41, 5.74) is 6.50. The number of aromatic nitrogens is 4. The van der Waals surface area contributed by atoms with Crippen molar-refractivity contribution in [2.24, 2.45) is 12.8 Å². The first-order chi connectivity index (χ1) is 9.78. The van der Waals surface area contributed by atoms with Crippen LogP contribution in [0.3, 0.4) is 0 Å². The number of thiazole rings is 1. The minimum Gasteiger partial charge on any atom is -0.330 e. The molecule has 0 bridgehead atoms. The van der Waals surface area contributed by atoms with Crippen LogP contribution in [0, 0.1) is 0 Å². The molecule has 1 aliphatic carbocycles. The van der Waals surface area contributed by atoms with Crippen molar-refractivity contribution in [3.63, 3.8) is 0 Å². The molecular formula is C14H21N5S. The van der Waals surface area contributed by atoms with Crippen LogP contribution in [0.25, 0.3) is 11.5 Å². The number of aryl methyl sites for hydroxylation is 1. The van der Waals surface area contributed by atoms with Crippen LogP contribution >= 0.6 is 11.3 Å². The van der Waals surface area contributed by atoms with Crippen LogP contribution in [-0.2, 0) is 13.5 Å². The van der Waals surface area contributed by atoms with Gasteiger partial charge in [-0.3, -0.25) is 0 Å². The normalized spacial score (nSPS) is 16.7. The summed E-state index contributed by atoms with van der Waals surface area (Å²) in [7, 11) is 1.95. The van der Waals surface area contributed by atoms with Crippen LogP contribution in [0.4, 0.5) is 0 Å². The van der Waals surface area contributed by atoms with Crippen LogP contribution in [0.2, 0.25) is 0 Å². The minimum atomic E-state index is 0.533. The first-order valence-corrected chi connectivity index (χ1v) is 8.21. The molecule has 108 valence electrons. The Kier molecular flexibility index (Phi) is 4.12. The number of nitrogens with two attached hydrogens (primary N) is 1. The molecule has 1 fully saturated rings. The van der Waals surface area contributed by atoms with Crippen LogP contribution in [0.15, 0.2) is 5.38 Å². The van der Waals surface area contributed by atoms with Crippen molar-refractivity contribution in [1.82, 2.24) is 19.7 Å². The maximum Gasteiger partial charge on any atom is 0.177 e. The van der Waals surface area contributed by atoms with Crippen molar-refractivity contribution < 1.29 is 0 Å². The second kappa shape index (κ2) is 6.01. The molecule has 0 unspecified atom stereocenters. The molecule has 3 rings (SSSR count). The van der Waals surface area contributed by atoms with E-state index in [2.05, 4.69) is 15.5 Å². The van der Waals surface area contributed by atoms with Crippen molar-refractivity contribution in [2.75, 3.05) is 6.54 Å². The Labute approximate surface area is 123 Å². The third-order valence-corrected chi connectivity index (χ3v) is 4.80. The fourth-order valence-corrected chi connectivity index (χ4v) is 3.61. The first-order valence-electron chi connectivity index (χ1n) is 7.33. The van der Waals surface area contributed by atoms with Crippen LogP contribution in [0.1, 0.15) is 48.9 Å². The van der Waals surface area contributed by atoms with Crippen LogP contribution in [-0.4, -0.2) is 26.3 Å². The molecule has 0 radical (unpaired) electrons. The Balaban J connectivity index is 1.83. The van der Waals surface area contributed by atoms with E-state index in [1.54, 1.807) is 11.3 Å². The van der Waals surface area contributed by atoms with Crippen molar-refractivity contribution in [3.8, 4) is 11.5 Å². The zero-order valence-corrected chi connectivity index (χ0v) is 12.7. The van der Waals surface area contributed by atoms with Gasteiger partial charge in [-0.1, -0.05) is 19.3 Å². The number of rotatable bonds is 4. The molecule has 2 aromatic heterocycles. The van der Waals surface area contributed by atoms with E-state index in [1.807, 2.05) is 11.7 Å². The maximum absolute atomic E-state index is 5.57. The standard InChI is InChI=1S/C14H21N5S/c1-19-14(11-9-20-12(16-11)7-8-15)17-13(18-19)10-5-3-2-4-6-10/h9-10H,2-8,15H2,1H3. The molecule has 6 heteroatoms. The van der Waals surface area contributed by atoms with Gasteiger partial charge in [0.05, 0.1) is 5.01 Å². The van der Waals surface area contributed by atoms with E-state index in [4.69, 9.17) is 10.7 Å². The molecule has 0 aromatic carbocycles. The fraction of sp³-hybridized carbons (Fsp3) is 0.643. The first kappa shape index (κ1) is 13.7. The van der Waals surface area contributed by atoms with E-state index >= 15 is 0 Å². The maximum atomic E-state index is 5.57. The van der Waals surface area contributed by atoms with E-state index in [1.165, 1.54) is 32.1 Å². The summed E-state index contributed by atoms with van der Waals surface area (Å²) < 4.78 is 1.87. The molecular weight excluding hydrogens is 270 g/mol. The minimum absolute atomic E-state index is 0.533. The third-order valence-electron chi connectivity index (χ3n) is 3.89. The number of nitrogens with zero attached hydrogens (tertiary/aromatic N) is 4. The van der Waals surface area contributed by atoms with Crippen molar-refractivity contribution in [3.05, 3.63) is 16.2 Å². The molecule has 1 aliphatic rings. The van der Waals surface area contributed by atoms with Gasteiger partial charge in [-0.25, -0.2) is 14.6 Å². The lowest BCUT2D eigenvalue weighted by molar-refractivity contribution is 0.427. The fourth-order valence-electron chi connectivity index (χ4n) is 2.81. The molecule has 0 spiro atoms. The summed E-state index contributed by atoms with van der Waals surface area (Å²) in [6.07, 6.45) is 7.23. The summed E-state index contributed by atoms with van der Waals surface area (Å²) in [6.45, 7) is 0.638. The highest BCUT2D eigenvalue weighted by Crippen LogP contribution is 2.32. The predicted octanol–water partition coefficient (Wildman–Crippen LogP) is 2.49. The van der Waals surface area contributed by atoms with E-state index in [-0.39, 0.29) is 0 Å². The van der Waals surface area contributed by atoms with E-state index in [9.17, 15) is 0 Å². The third kappa shape index (κ3) is 2.76. The molecule has 2 heterocycles. The van der Waals surface area contributed by atoms with E-state index in [0.717, 1.165) is 28.8 Å².